The van der Waals surface area contributed by atoms with E-state index < -0.39 is 10.0 Å². The van der Waals surface area contributed by atoms with Crippen molar-refractivity contribution < 1.29 is 13.2 Å². The lowest BCUT2D eigenvalue weighted by molar-refractivity contribution is 0.0605. The largest absolute Gasteiger partial charge is 0.392 e. The van der Waals surface area contributed by atoms with Crippen molar-refractivity contribution >= 4 is 27.2 Å². The van der Waals surface area contributed by atoms with E-state index in [0.29, 0.717) is 13.1 Å². The molecule has 0 aromatic rings. The third kappa shape index (κ3) is 3.67. The van der Waals surface area contributed by atoms with Crippen molar-refractivity contribution in [2.75, 3.05) is 26.0 Å². The average Bonchev–Trinajstić information content (AvgIpc) is 2.16. The summed E-state index contributed by atoms with van der Waals surface area (Å²) < 4.78 is 30.0. The van der Waals surface area contributed by atoms with Crippen LogP contribution in [-0.4, -0.2) is 49.8 Å². The fraction of sp³-hybridized carbons (Fsp3) is 0.875. The maximum absolute atomic E-state index is 11.7. The lowest BCUT2D eigenvalue weighted by Gasteiger charge is -2.30. The van der Waals surface area contributed by atoms with E-state index in [1.807, 2.05) is 0 Å². The molecule has 0 saturated carbocycles. The highest BCUT2D eigenvalue weighted by Crippen LogP contribution is 2.16. The van der Waals surface area contributed by atoms with Crippen LogP contribution in [0, 0.1) is 0 Å². The number of nitrogens with two attached hydrogens (primary N) is 1. The van der Waals surface area contributed by atoms with E-state index in [-0.39, 0.29) is 16.8 Å². The number of rotatable bonds is 4. The van der Waals surface area contributed by atoms with E-state index in [2.05, 4.69) is 12.2 Å². The van der Waals surface area contributed by atoms with Gasteiger partial charge in [0, 0.05) is 20.2 Å². The molecule has 15 heavy (non-hydrogen) atoms. The highest BCUT2D eigenvalue weighted by Gasteiger charge is 2.28. The first-order valence-corrected chi connectivity index (χ1v) is 6.76. The van der Waals surface area contributed by atoms with Gasteiger partial charge >= 0.3 is 0 Å². The number of ether oxygens (including phenoxy) is 1. The summed E-state index contributed by atoms with van der Waals surface area (Å²) in [4.78, 5) is 0.0175. The Morgan fingerprint density at radius 2 is 2.07 bits per heavy atom. The second kappa shape index (κ2) is 5.20. The lowest BCUT2D eigenvalue weighted by Crippen LogP contribution is -2.43. The zero-order valence-corrected chi connectivity index (χ0v) is 10.3. The summed E-state index contributed by atoms with van der Waals surface area (Å²) in [6.45, 7) is 0.979. The Hall–Kier alpha value is -0.240. The molecule has 5 nitrogen and oxygen atoms in total. The average molecular weight is 252 g/mol. The minimum Gasteiger partial charge on any atom is -0.392 e. The highest BCUT2D eigenvalue weighted by atomic mass is 32.2. The maximum atomic E-state index is 11.7. The standard InChI is InChI=1S/C8H16N2O3S2/c1-13-7-2-4-10(5-3-7)15(11,12)6-8(9)14/h7H,2-6H2,1H3,(H2,9,14). The first kappa shape index (κ1) is 12.8. The van der Waals surface area contributed by atoms with Gasteiger partial charge in [-0.2, -0.15) is 0 Å². The minimum atomic E-state index is -3.30. The van der Waals surface area contributed by atoms with Gasteiger partial charge in [-0.15, -0.1) is 0 Å². The summed E-state index contributed by atoms with van der Waals surface area (Å²) in [5, 5.41) is 0. The van der Waals surface area contributed by atoms with Gasteiger partial charge < -0.3 is 10.5 Å². The molecule has 0 radical (unpaired) electrons. The highest BCUT2D eigenvalue weighted by molar-refractivity contribution is 7.92. The first-order valence-electron chi connectivity index (χ1n) is 4.74. The van der Waals surface area contributed by atoms with Gasteiger partial charge in [0.05, 0.1) is 11.1 Å². The molecule has 0 aromatic heterocycles. The van der Waals surface area contributed by atoms with Crippen LogP contribution in [0.15, 0.2) is 0 Å². The smallest absolute Gasteiger partial charge is 0.220 e. The van der Waals surface area contributed by atoms with Crippen molar-refractivity contribution in [1.29, 1.82) is 0 Å². The maximum Gasteiger partial charge on any atom is 0.220 e. The molecule has 7 heteroatoms. The van der Waals surface area contributed by atoms with Crippen molar-refractivity contribution in [2.45, 2.75) is 18.9 Å². The molecule has 1 rings (SSSR count). The van der Waals surface area contributed by atoms with Crippen LogP contribution in [0.5, 0.6) is 0 Å². The zero-order valence-electron chi connectivity index (χ0n) is 8.68. The van der Waals surface area contributed by atoms with E-state index in [4.69, 9.17) is 10.5 Å². The van der Waals surface area contributed by atoms with Gasteiger partial charge in [-0.1, -0.05) is 12.2 Å². The molecule has 0 atom stereocenters. The molecule has 0 aromatic carbocycles. The molecule has 1 saturated heterocycles. The van der Waals surface area contributed by atoms with Crippen LogP contribution in [-0.2, 0) is 14.8 Å². The number of sulfonamides is 1. The van der Waals surface area contributed by atoms with E-state index in [0.717, 1.165) is 12.8 Å². The number of thiocarbonyl (C=S) groups is 1. The number of nitrogens with zero attached hydrogens (tertiary/aromatic N) is 1. The monoisotopic (exact) mass is 252 g/mol. The third-order valence-electron chi connectivity index (χ3n) is 2.45. The van der Waals surface area contributed by atoms with Crippen molar-refractivity contribution in [3.63, 3.8) is 0 Å². The molecule has 0 unspecified atom stereocenters. The van der Waals surface area contributed by atoms with Gasteiger partial charge in [0.2, 0.25) is 10.0 Å². The van der Waals surface area contributed by atoms with Crippen LogP contribution in [0.2, 0.25) is 0 Å². The van der Waals surface area contributed by atoms with Gasteiger partial charge in [-0.25, -0.2) is 12.7 Å². The molecular weight excluding hydrogens is 236 g/mol. The molecular formula is C8H16N2O3S2. The number of piperidine rings is 1. The predicted octanol–water partition coefficient (Wildman–Crippen LogP) is -0.287. The molecule has 0 aliphatic carbocycles. The first-order chi connectivity index (χ1) is 6.95. The fourth-order valence-electron chi connectivity index (χ4n) is 1.62. The van der Waals surface area contributed by atoms with Crippen LogP contribution in [0.4, 0.5) is 0 Å². The Morgan fingerprint density at radius 1 is 1.53 bits per heavy atom. The summed E-state index contributed by atoms with van der Waals surface area (Å²) in [6, 6.07) is 0. The number of hydrogen-bond acceptors (Lipinski definition) is 4. The van der Waals surface area contributed by atoms with Crippen LogP contribution < -0.4 is 5.73 Å². The molecule has 1 fully saturated rings. The molecule has 2 N–H and O–H groups in total. The summed E-state index contributed by atoms with van der Waals surface area (Å²) >= 11 is 4.61. The Morgan fingerprint density at radius 3 is 2.47 bits per heavy atom. The van der Waals surface area contributed by atoms with Gasteiger partial charge in [0.15, 0.2) is 0 Å². The fourth-order valence-corrected chi connectivity index (χ4v) is 3.37. The molecule has 1 aliphatic heterocycles. The molecule has 1 heterocycles. The van der Waals surface area contributed by atoms with E-state index in [1.165, 1.54) is 4.31 Å². The number of hydrogen-bond donors (Lipinski definition) is 1. The van der Waals surface area contributed by atoms with Gasteiger partial charge in [0.1, 0.15) is 5.75 Å². The van der Waals surface area contributed by atoms with E-state index in [9.17, 15) is 8.42 Å². The second-order valence-corrected chi connectivity index (χ2v) is 6.05. The van der Waals surface area contributed by atoms with Crippen molar-refractivity contribution in [3.05, 3.63) is 0 Å². The van der Waals surface area contributed by atoms with Crippen LogP contribution in [0.3, 0.4) is 0 Å². The quantitative estimate of drug-likeness (QED) is 0.696. The van der Waals surface area contributed by atoms with Gasteiger partial charge in [0.25, 0.3) is 0 Å². The molecule has 0 amide bonds. The van der Waals surface area contributed by atoms with Crippen molar-refractivity contribution in [2.24, 2.45) is 5.73 Å². The van der Waals surface area contributed by atoms with Crippen molar-refractivity contribution in [1.82, 2.24) is 4.31 Å². The van der Waals surface area contributed by atoms with E-state index in [1.54, 1.807) is 7.11 Å². The van der Waals surface area contributed by atoms with Gasteiger partial charge in [-0.05, 0) is 12.8 Å². The Bertz CT molecular complexity index is 321. The summed E-state index contributed by atoms with van der Waals surface area (Å²) in [7, 11) is -1.66. The lowest BCUT2D eigenvalue weighted by atomic mass is 10.1. The molecule has 1 aliphatic rings. The second-order valence-electron chi connectivity index (χ2n) is 3.56. The Balaban J connectivity index is 2.56. The summed E-state index contributed by atoms with van der Waals surface area (Å²) in [5.74, 6) is -0.236. The minimum absolute atomic E-state index is 0.0175. The Kier molecular flexibility index (Phi) is 4.45. The number of methoxy groups -OCH3 is 1. The van der Waals surface area contributed by atoms with Crippen molar-refractivity contribution in [3.8, 4) is 0 Å². The van der Waals surface area contributed by atoms with Crippen LogP contribution in [0.1, 0.15) is 12.8 Å². The van der Waals surface area contributed by atoms with Crippen LogP contribution in [0.25, 0.3) is 0 Å². The third-order valence-corrected chi connectivity index (χ3v) is 4.61. The van der Waals surface area contributed by atoms with Gasteiger partial charge in [-0.3, -0.25) is 0 Å². The summed E-state index contributed by atoms with van der Waals surface area (Å²) in [5.41, 5.74) is 5.24. The molecule has 88 valence electrons. The predicted molar refractivity (Wildman–Crippen MR) is 62.2 cm³/mol. The van der Waals surface area contributed by atoms with E-state index >= 15 is 0 Å². The Labute approximate surface area is 95.6 Å². The summed E-state index contributed by atoms with van der Waals surface area (Å²) in [6.07, 6.45) is 1.63. The zero-order chi connectivity index (χ0) is 11.5. The molecule has 0 spiro atoms. The normalized spacial score (nSPS) is 20.3. The topological polar surface area (TPSA) is 72.6 Å². The van der Waals surface area contributed by atoms with Crippen LogP contribution >= 0.6 is 12.2 Å². The molecule has 0 bridgehead atoms. The SMILES string of the molecule is COC1CCN(S(=O)(=O)CC(N)=S)CC1.